The molecule has 1 aliphatic rings. The van der Waals surface area contributed by atoms with E-state index in [9.17, 15) is 4.79 Å². The monoisotopic (exact) mass is 400 g/mol. The number of nitrogens with zero attached hydrogens (tertiary/aromatic N) is 2. The quantitative estimate of drug-likeness (QED) is 0.582. The molecule has 0 saturated carbocycles. The van der Waals surface area contributed by atoms with Crippen LogP contribution in [0.15, 0.2) is 72.8 Å². The van der Waals surface area contributed by atoms with Crippen LogP contribution in [0, 0.1) is 11.3 Å². The van der Waals surface area contributed by atoms with Crippen molar-refractivity contribution >= 4 is 11.6 Å². The molecule has 30 heavy (non-hydrogen) atoms. The Morgan fingerprint density at radius 3 is 2.27 bits per heavy atom. The van der Waals surface area contributed by atoms with E-state index in [1.54, 1.807) is 43.4 Å². The summed E-state index contributed by atoms with van der Waals surface area (Å²) in [6, 6.07) is 23.4. The van der Waals surface area contributed by atoms with Gasteiger partial charge in [-0.15, -0.1) is 0 Å². The van der Waals surface area contributed by atoms with Crippen molar-refractivity contribution in [1.82, 2.24) is 0 Å². The number of β-lactam (4-membered cyclic amide) rings is 1. The smallest absolute Gasteiger partial charge is 0.271 e. The van der Waals surface area contributed by atoms with Crippen molar-refractivity contribution in [3.05, 3.63) is 83.9 Å². The van der Waals surface area contributed by atoms with Crippen molar-refractivity contribution in [2.24, 2.45) is 0 Å². The maximum atomic E-state index is 13.1. The van der Waals surface area contributed by atoms with E-state index >= 15 is 0 Å². The third-order valence-electron chi connectivity index (χ3n) is 5.06. The third-order valence-corrected chi connectivity index (χ3v) is 5.06. The summed E-state index contributed by atoms with van der Waals surface area (Å²) in [5.41, 5.74) is 2.12. The summed E-state index contributed by atoms with van der Waals surface area (Å²) in [5.74, 6) is 1.74. The van der Waals surface area contributed by atoms with Crippen LogP contribution in [0.25, 0.3) is 0 Å². The van der Waals surface area contributed by atoms with Crippen LogP contribution >= 0.6 is 0 Å². The molecule has 1 fully saturated rings. The zero-order chi connectivity index (χ0) is 21.1. The molecule has 0 spiro atoms. The van der Waals surface area contributed by atoms with Gasteiger partial charge in [0.05, 0.1) is 25.9 Å². The van der Waals surface area contributed by atoms with Crippen molar-refractivity contribution in [1.29, 1.82) is 5.26 Å². The van der Waals surface area contributed by atoms with E-state index in [0.717, 1.165) is 11.3 Å². The Morgan fingerprint density at radius 2 is 1.57 bits per heavy atom. The van der Waals surface area contributed by atoms with E-state index in [1.165, 1.54) is 0 Å². The molecule has 0 unspecified atom stereocenters. The topological polar surface area (TPSA) is 71.8 Å². The van der Waals surface area contributed by atoms with Gasteiger partial charge in [0.15, 0.2) is 0 Å². The fourth-order valence-corrected chi connectivity index (χ4v) is 3.54. The second kappa shape index (κ2) is 8.18. The zero-order valence-corrected chi connectivity index (χ0v) is 16.6. The number of anilines is 1. The Kier molecular flexibility index (Phi) is 5.27. The molecule has 6 heteroatoms. The highest BCUT2D eigenvalue weighted by Crippen LogP contribution is 2.42. The largest absolute Gasteiger partial charge is 0.497 e. The van der Waals surface area contributed by atoms with Gasteiger partial charge in [-0.25, -0.2) is 0 Å². The van der Waals surface area contributed by atoms with Crippen LogP contribution in [0.3, 0.4) is 0 Å². The van der Waals surface area contributed by atoms with E-state index in [-0.39, 0.29) is 11.9 Å². The van der Waals surface area contributed by atoms with E-state index in [1.807, 2.05) is 48.5 Å². The standard InChI is InChI=1S/C24H20N2O4/c1-28-19-11-9-18(10-12-19)26-22(17-6-4-7-20(14-17)29-2)23(24(26)27)30-21-8-3-5-16(13-21)15-25/h3-14,22-23H,1-2H3/t22-,23+/m0/s1. The van der Waals surface area contributed by atoms with Gasteiger partial charge in [-0.1, -0.05) is 18.2 Å². The fraction of sp³-hybridized carbons (Fsp3) is 0.167. The highest BCUT2D eigenvalue weighted by Gasteiger charge is 2.51. The molecule has 6 nitrogen and oxygen atoms in total. The SMILES string of the molecule is COc1ccc(N2C(=O)[C@H](Oc3cccc(C#N)c3)[C@@H]2c2cccc(OC)c2)cc1. The second-order valence-corrected chi connectivity index (χ2v) is 6.81. The van der Waals surface area contributed by atoms with Gasteiger partial charge in [0.25, 0.3) is 5.91 Å². The van der Waals surface area contributed by atoms with Gasteiger partial charge in [-0.2, -0.15) is 5.26 Å². The number of hydrogen-bond donors (Lipinski definition) is 0. The molecule has 0 bridgehead atoms. The molecule has 3 aromatic rings. The van der Waals surface area contributed by atoms with Crippen LogP contribution in [-0.2, 0) is 4.79 Å². The van der Waals surface area contributed by atoms with Crippen LogP contribution in [0.5, 0.6) is 17.2 Å². The number of ether oxygens (including phenoxy) is 3. The van der Waals surface area contributed by atoms with Crippen molar-refractivity contribution < 1.29 is 19.0 Å². The summed E-state index contributed by atoms with van der Waals surface area (Å²) in [7, 11) is 3.20. The zero-order valence-electron chi connectivity index (χ0n) is 16.6. The Bertz CT molecular complexity index is 1100. The number of hydrogen-bond acceptors (Lipinski definition) is 5. The molecule has 2 atom stereocenters. The highest BCUT2D eigenvalue weighted by atomic mass is 16.5. The van der Waals surface area contributed by atoms with Gasteiger partial charge in [0.1, 0.15) is 23.3 Å². The molecule has 1 heterocycles. The average Bonchev–Trinajstić information content (AvgIpc) is 2.81. The van der Waals surface area contributed by atoms with Crippen molar-refractivity contribution in [3.63, 3.8) is 0 Å². The van der Waals surface area contributed by atoms with Crippen LogP contribution in [0.4, 0.5) is 5.69 Å². The average molecular weight is 400 g/mol. The fourth-order valence-electron chi connectivity index (χ4n) is 3.54. The van der Waals surface area contributed by atoms with Crippen molar-refractivity contribution in [2.45, 2.75) is 12.1 Å². The number of amides is 1. The number of carbonyl (C=O) groups excluding carboxylic acids is 1. The molecule has 4 rings (SSSR count). The normalized spacial score (nSPS) is 17.6. The summed E-state index contributed by atoms with van der Waals surface area (Å²) in [5, 5.41) is 9.14. The first kappa shape index (κ1) is 19.3. The Balaban J connectivity index is 1.69. The number of benzene rings is 3. The Hall–Kier alpha value is -3.98. The maximum Gasteiger partial charge on any atom is 0.271 e. The lowest BCUT2D eigenvalue weighted by atomic mass is 9.89. The van der Waals surface area contributed by atoms with Crippen molar-refractivity contribution in [3.8, 4) is 23.3 Å². The molecule has 150 valence electrons. The lowest BCUT2D eigenvalue weighted by Gasteiger charge is -2.46. The van der Waals surface area contributed by atoms with Gasteiger partial charge in [0.2, 0.25) is 6.10 Å². The van der Waals surface area contributed by atoms with Gasteiger partial charge in [0, 0.05) is 5.69 Å². The Labute approximate surface area is 174 Å². The lowest BCUT2D eigenvalue weighted by molar-refractivity contribution is -0.135. The van der Waals surface area contributed by atoms with Gasteiger partial charge < -0.3 is 14.2 Å². The minimum absolute atomic E-state index is 0.157. The van der Waals surface area contributed by atoms with Crippen LogP contribution < -0.4 is 19.1 Å². The molecule has 0 aliphatic carbocycles. The van der Waals surface area contributed by atoms with Crippen molar-refractivity contribution in [2.75, 3.05) is 19.1 Å². The molecule has 0 radical (unpaired) electrons. The van der Waals surface area contributed by atoms with Gasteiger partial charge in [-0.05, 0) is 60.2 Å². The number of nitriles is 1. The molecule has 1 amide bonds. The predicted octanol–water partition coefficient (Wildman–Crippen LogP) is 4.11. The Morgan fingerprint density at radius 1 is 0.867 bits per heavy atom. The van der Waals surface area contributed by atoms with E-state index in [4.69, 9.17) is 19.5 Å². The molecular weight excluding hydrogens is 380 g/mol. The summed E-state index contributed by atoms with van der Waals surface area (Å²) in [6.45, 7) is 0. The van der Waals surface area contributed by atoms with Gasteiger partial charge in [-0.3, -0.25) is 9.69 Å². The van der Waals surface area contributed by atoms with Crippen LogP contribution in [0.2, 0.25) is 0 Å². The second-order valence-electron chi connectivity index (χ2n) is 6.81. The first-order valence-corrected chi connectivity index (χ1v) is 9.42. The first-order chi connectivity index (χ1) is 14.6. The molecule has 3 aromatic carbocycles. The summed E-state index contributed by atoms with van der Waals surface area (Å²) in [4.78, 5) is 14.8. The van der Waals surface area contributed by atoms with Gasteiger partial charge >= 0.3 is 0 Å². The van der Waals surface area contributed by atoms with E-state index < -0.39 is 6.10 Å². The lowest BCUT2D eigenvalue weighted by Crippen LogP contribution is -2.61. The summed E-state index contributed by atoms with van der Waals surface area (Å²) >= 11 is 0. The number of rotatable bonds is 6. The minimum Gasteiger partial charge on any atom is -0.497 e. The molecule has 0 N–H and O–H groups in total. The molecular formula is C24H20N2O4. The summed E-state index contributed by atoms with van der Waals surface area (Å²) < 4.78 is 16.6. The minimum atomic E-state index is -0.715. The number of carbonyl (C=O) groups is 1. The van der Waals surface area contributed by atoms with Crippen LogP contribution in [0.1, 0.15) is 17.2 Å². The molecule has 0 aromatic heterocycles. The van der Waals surface area contributed by atoms with Crippen LogP contribution in [-0.4, -0.2) is 26.2 Å². The van der Waals surface area contributed by atoms with E-state index in [2.05, 4.69) is 6.07 Å². The maximum absolute atomic E-state index is 13.1. The predicted molar refractivity (Wildman–Crippen MR) is 112 cm³/mol. The first-order valence-electron chi connectivity index (χ1n) is 9.42. The number of methoxy groups -OCH3 is 2. The third kappa shape index (κ3) is 3.53. The highest BCUT2D eigenvalue weighted by molar-refractivity contribution is 6.05. The van der Waals surface area contributed by atoms with E-state index in [0.29, 0.717) is 22.8 Å². The molecule has 1 aliphatic heterocycles. The molecule has 1 saturated heterocycles. The summed E-state index contributed by atoms with van der Waals surface area (Å²) in [6.07, 6.45) is -0.715.